The summed E-state index contributed by atoms with van der Waals surface area (Å²) in [5.41, 5.74) is 2.35. The molecule has 1 amide bonds. The fourth-order valence-corrected chi connectivity index (χ4v) is 4.41. The normalized spacial score (nSPS) is 12.2. The first-order valence-electron chi connectivity index (χ1n) is 9.76. The minimum absolute atomic E-state index is 0.0731. The Labute approximate surface area is 182 Å². The molecule has 1 atom stereocenters. The minimum Gasteiger partial charge on any atom is -0.496 e. The Hall–Kier alpha value is -3.23. The molecule has 0 spiro atoms. The number of sulfonamides is 1. The van der Waals surface area contributed by atoms with Crippen LogP contribution in [0.15, 0.2) is 78.0 Å². The molecular formula is C23H25N3O4S. The molecule has 1 aromatic heterocycles. The van der Waals surface area contributed by atoms with E-state index in [-0.39, 0.29) is 17.9 Å². The second-order valence-corrected chi connectivity index (χ2v) is 8.79. The van der Waals surface area contributed by atoms with Crippen LogP contribution in [0.4, 0.5) is 0 Å². The summed E-state index contributed by atoms with van der Waals surface area (Å²) < 4.78 is 33.8. The van der Waals surface area contributed by atoms with Gasteiger partial charge in [0.05, 0.1) is 12.0 Å². The molecule has 7 nitrogen and oxygen atoms in total. The predicted octanol–water partition coefficient (Wildman–Crippen LogP) is 2.60. The number of hydrogen-bond donors (Lipinski definition) is 2. The van der Waals surface area contributed by atoms with Crippen LogP contribution in [0.3, 0.4) is 0 Å². The molecule has 3 rings (SSSR count). The van der Waals surface area contributed by atoms with Crippen LogP contribution in [0.25, 0.3) is 0 Å². The molecule has 0 aliphatic heterocycles. The molecule has 0 bridgehead atoms. The van der Waals surface area contributed by atoms with Gasteiger partial charge in [-0.05, 0) is 54.3 Å². The molecule has 0 saturated heterocycles. The third-order valence-corrected chi connectivity index (χ3v) is 6.23. The maximum atomic E-state index is 13.0. The van der Waals surface area contributed by atoms with Gasteiger partial charge in [0, 0.05) is 18.9 Å². The molecule has 0 aliphatic rings. The molecule has 31 heavy (non-hydrogen) atoms. The maximum Gasteiger partial charge on any atom is 0.241 e. The Kier molecular flexibility index (Phi) is 7.38. The Morgan fingerprint density at radius 2 is 1.81 bits per heavy atom. The van der Waals surface area contributed by atoms with Crippen LogP contribution in [0, 0.1) is 6.92 Å². The first-order valence-corrected chi connectivity index (χ1v) is 11.2. The second kappa shape index (κ2) is 10.2. The zero-order valence-corrected chi connectivity index (χ0v) is 18.2. The monoisotopic (exact) mass is 439 g/mol. The SMILES string of the molecule is COc1ccc(S(=O)(=O)N[C@H](Cc2ccccc2)C(=O)NCc2cccnc2)cc1C. The van der Waals surface area contributed by atoms with E-state index < -0.39 is 22.0 Å². The fourth-order valence-electron chi connectivity index (χ4n) is 3.13. The van der Waals surface area contributed by atoms with Crippen molar-refractivity contribution in [3.8, 4) is 5.75 Å². The van der Waals surface area contributed by atoms with E-state index in [4.69, 9.17) is 4.74 Å². The van der Waals surface area contributed by atoms with Crippen molar-refractivity contribution in [1.29, 1.82) is 0 Å². The van der Waals surface area contributed by atoms with E-state index in [2.05, 4.69) is 15.0 Å². The van der Waals surface area contributed by atoms with E-state index in [9.17, 15) is 13.2 Å². The van der Waals surface area contributed by atoms with Crippen molar-refractivity contribution in [1.82, 2.24) is 15.0 Å². The average Bonchev–Trinajstić information content (AvgIpc) is 2.78. The number of amides is 1. The molecule has 3 aromatic rings. The molecule has 0 unspecified atom stereocenters. The summed E-state index contributed by atoms with van der Waals surface area (Å²) in [6, 6.07) is 16.5. The fraction of sp³-hybridized carbons (Fsp3) is 0.217. The topological polar surface area (TPSA) is 97.4 Å². The Morgan fingerprint density at radius 3 is 2.45 bits per heavy atom. The second-order valence-electron chi connectivity index (χ2n) is 7.07. The lowest BCUT2D eigenvalue weighted by Crippen LogP contribution is -2.47. The molecule has 0 fully saturated rings. The van der Waals surface area contributed by atoms with Crippen LogP contribution in [0.5, 0.6) is 5.75 Å². The van der Waals surface area contributed by atoms with E-state index in [0.29, 0.717) is 11.3 Å². The van der Waals surface area contributed by atoms with Gasteiger partial charge in [0.25, 0.3) is 0 Å². The van der Waals surface area contributed by atoms with Gasteiger partial charge in [0.2, 0.25) is 15.9 Å². The first-order chi connectivity index (χ1) is 14.9. The molecule has 0 radical (unpaired) electrons. The van der Waals surface area contributed by atoms with Crippen molar-refractivity contribution in [2.75, 3.05) is 7.11 Å². The largest absolute Gasteiger partial charge is 0.496 e. The number of rotatable bonds is 9. The third kappa shape index (κ3) is 6.13. The maximum absolute atomic E-state index is 13.0. The number of aromatic nitrogens is 1. The van der Waals surface area contributed by atoms with Gasteiger partial charge in [-0.15, -0.1) is 0 Å². The molecule has 1 heterocycles. The van der Waals surface area contributed by atoms with Crippen molar-refractivity contribution >= 4 is 15.9 Å². The number of carbonyl (C=O) groups excluding carboxylic acids is 1. The Balaban J connectivity index is 1.81. The summed E-state index contributed by atoms with van der Waals surface area (Å²) >= 11 is 0. The lowest BCUT2D eigenvalue weighted by atomic mass is 10.1. The van der Waals surface area contributed by atoms with Crippen LogP contribution in [-0.2, 0) is 27.8 Å². The van der Waals surface area contributed by atoms with Crippen LogP contribution in [0.2, 0.25) is 0 Å². The zero-order valence-electron chi connectivity index (χ0n) is 17.4. The van der Waals surface area contributed by atoms with Crippen molar-refractivity contribution in [3.05, 3.63) is 89.7 Å². The summed E-state index contributed by atoms with van der Waals surface area (Å²) in [4.78, 5) is 17.0. The van der Waals surface area contributed by atoms with Crippen LogP contribution in [-0.4, -0.2) is 32.5 Å². The highest BCUT2D eigenvalue weighted by atomic mass is 32.2. The molecule has 2 aromatic carbocycles. The smallest absolute Gasteiger partial charge is 0.241 e. The number of pyridine rings is 1. The van der Waals surface area contributed by atoms with Crippen molar-refractivity contribution in [2.45, 2.75) is 30.8 Å². The number of methoxy groups -OCH3 is 1. The lowest BCUT2D eigenvalue weighted by molar-refractivity contribution is -0.122. The molecule has 8 heteroatoms. The van der Waals surface area contributed by atoms with Gasteiger partial charge in [0.15, 0.2) is 0 Å². The molecule has 0 saturated carbocycles. The highest BCUT2D eigenvalue weighted by Crippen LogP contribution is 2.21. The van der Waals surface area contributed by atoms with Crippen molar-refractivity contribution in [2.24, 2.45) is 0 Å². The quantitative estimate of drug-likeness (QED) is 0.534. The lowest BCUT2D eigenvalue weighted by Gasteiger charge is -2.19. The Bertz CT molecular complexity index is 1120. The average molecular weight is 440 g/mol. The van der Waals surface area contributed by atoms with E-state index >= 15 is 0 Å². The number of nitrogens with zero attached hydrogens (tertiary/aromatic N) is 1. The van der Waals surface area contributed by atoms with Gasteiger partial charge in [-0.1, -0.05) is 36.4 Å². The molecule has 2 N–H and O–H groups in total. The minimum atomic E-state index is -3.93. The number of benzene rings is 2. The van der Waals surface area contributed by atoms with Gasteiger partial charge in [0.1, 0.15) is 11.8 Å². The van der Waals surface area contributed by atoms with Crippen molar-refractivity contribution in [3.63, 3.8) is 0 Å². The van der Waals surface area contributed by atoms with E-state index in [1.54, 1.807) is 31.5 Å². The van der Waals surface area contributed by atoms with Crippen LogP contribution >= 0.6 is 0 Å². The molecular weight excluding hydrogens is 414 g/mol. The van der Waals surface area contributed by atoms with Crippen molar-refractivity contribution < 1.29 is 17.9 Å². The van der Waals surface area contributed by atoms with Crippen LogP contribution < -0.4 is 14.8 Å². The first kappa shape index (κ1) is 22.5. The highest BCUT2D eigenvalue weighted by molar-refractivity contribution is 7.89. The van der Waals surface area contributed by atoms with Gasteiger partial charge in [-0.3, -0.25) is 9.78 Å². The van der Waals surface area contributed by atoms with Gasteiger partial charge in [-0.2, -0.15) is 4.72 Å². The summed E-state index contributed by atoms with van der Waals surface area (Å²) in [5, 5.41) is 2.80. The standard InChI is InChI=1S/C23H25N3O4S/c1-17-13-20(10-11-22(17)30-2)31(28,29)26-21(14-18-7-4-3-5-8-18)23(27)25-16-19-9-6-12-24-15-19/h3-13,15,21,26H,14,16H2,1-2H3,(H,25,27)/t21-/m1/s1. The zero-order chi connectivity index (χ0) is 22.3. The van der Waals surface area contributed by atoms with Crippen LogP contribution in [0.1, 0.15) is 16.7 Å². The van der Waals surface area contributed by atoms with Gasteiger partial charge < -0.3 is 10.1 Å². The number of nitrogens with one attached hydrogen (secondary N) is 2. The summed E-state index contributed by atoms with van der Waals surface area (Å²) in [6.07, 6.45) is 3.51. The van der Waals surface area contributed by atoms with Gasteiger partial charge in [-0.25, -0.2) is 8.42 Å². The summed E-state index contributed by atoms with van der Waals surface area (Å²) in [7, 11) is -2.41. The predicted molar refractivity (Wildman–Crippen MR) is 118 cm³/mol. The van der Waals surface area contributed by atoms with Gasteiger partial charge >= 0.3 is 0 Å². The molecule has 162 valence electrons. The highest BCUT2D eigenvalue weighted by Gasteiger charge is 2.26. The summed E-state index contributed by atoms with van der Waals surface area (Å²) in [5.74, 6) is 0.176. The number of ether oxygens (including phenoxy) is 1. The molecule has 0 aliphatic carbocycles. The number of carbonyl (C=O) groups is 1. The van der Waals surface area contributed by atoms with E-state index in [0.717, 1.165) is 11.1 Å². The summed E-state index contributed by atoms with van der Waals surface area (Å²) in [6.45, 7) is 2.02. The van der Waals surface area contributed by atoms with E-state index in [1.165, 1.54) is 19.2 Å². The number of aryl methyl sites for hydroxylation is 1. The third-order valence-electron chi connectivity index (χ3n) is 4.76. The Morgan fingerprint density at radius 1 is 1.06 bits per heavy atom. The van der Waals surface area contributed by atoms with E-state index in [1.807, 2.05) is 36.4 Å². The number of hydrogen-bond acceptors (Lipinski definition) is 5.